The van der Waals surface area contributed by atoms with Crippen LogP contribution in [0.15, 0.2) is 78.9 Å². The van der Waals surface area contributed by atoms with E-state index in [1.807, 2.05) is 32.0 Å². The Morgan fingerprint density at radius 2 is 1.74 bits per heavy atom. The quantitative estimate of drug-likeness (QED) is 0.130. The first-order valence-corrected chi connectivity index (χ1v) is 15.1. The number of rotatable bonds is 8. The molecule has 234 valence electrons. The fourth-order valence-corrected chi connectivity index (χ4v) is 5.44. The van der Waals surface area contributed by atoms with Gasteiger partial charge in [0.05, 0.1) is 23.4 Å². The molecule has 11 heteroatoms. The molecule has 0 aliphatic carbocycles. The van der Waals surface area contributed by atoms with Crippen LogP contribution in [0.5, 0.6) is 17.2 Å². The summed E-state index contributed by atoms with van der Waals surface area (Å²) in [5.74, 6) is 0.114. The number of aromatic nitrogens is 3. The molecule has 2 amide bonds. The van der Waals surface area contributed by atoms with E-state index in [2.05, 4.69) is 21.6 Å². The Hall–Kier alpha value is -5.71. The monoisotopic (exact) mass is 619 g/mol. The Labute approximate surface area is 265 Å². The van der Waals surface area contributed by atoms with E-state index in [4.69, 9.17) is 9.47 Å². The lowest BCUT2D eigenvalue weighted by Crippen LogP contribution is -2.39. The molecule has 5 aromatic rings. The number of anilines is 1. The molecule has 1 aliphatic rings. The molecule has 0 atom stereocenters. The number of benzene rings is 4. The van der Waals surface area contributed by atoms with Crippen LogP contribution in [-0.2, 0) is 6.42 Å². The van der Waals surface area contributed by atoms with E-state index in [1.165, 1.54) is 22.6 Å². The van der Waals surface area contributed by atoms with Gasteiger partial charge in [-0.25, -0.2) is 9.59 Å². The molecular formula is C35H33N5O6. The Kier molecular flexibility index (Phi) is 8.64. The number of hydrogen-bond acceptors (Lipinski definition) is 8. The van der Waals surface area contributed by atoms with Crippen molar-refractivity contribution in [3.05, 3.63) is 107 Å². The SMILES string of the molecule is Cc1ccc(OCCCNC(=O)c2ccc3c(c2O)CCCN3C(=O)n2nc3ccc(C(=O)Oc4ccccc4)cc3n2)c(C)c1. The summed E-state index contributed by atoms with van der Waals surface area (Å²) in [6.45, 7) is 5.21. The van der Waals surface area contributed by atoms with Crippen LogP contribution in [0.2, 0.25) is 0 Å². The van der Waals surface area contributed by atoms with Crippen LogP contribution in [0.1, 0.15) is 50.2 Å². The van der Waals surface area contributed by atoms with Crippen LogP contribution in [0.4, 0.5) is 10.5 Å². The van der Waals surface area contributed by atoms with E-state index in [0.29, 0.717) is 67.0 Å². The number of esters is 1. The number of amides is 2. The highest BCUT2D eigenvalue weighted by molar-refractivity contribution is 6.01. The summed E-state index contributed by atoms with van der Waals surface area (Å²) >= 11 is 0. The first-order valence-electron chi connectivity index (χ1n) is 15.1. The summed E-state index contributed by atoms with van der Waals surface area (Å²) in [7, 11) is 0. The number of fused-ring (bicyclic) bond motifs is 2. The molecule has 46 heavy (non-hydrogen) atoms. The van der Waals surface area contributed by atoms with Crippen molar-refractivity contribution >= 4 is 34.6 Å². The molecule has 2 heterocycles. The predicted octanol–water partition coefficient (Wildman–Crippen LogP) is 5.59. The van der Waals surface area contributed by atoms with Gasteiger partial charge in [0.1, 0.15) is 28.3 Å². The minimum absolute atomic E-state index is 0.140. The third-order valence-electron chi connectivity index (χ3n) is 7.77. The van der Waals surface area contributed by atoms with Crippen molar-refractivity contribution in [2.24, 2.45) is 0 Å². The maximum absolute atomic E-state index is 13.6. The standard InChI is InChI=1S/C35H33N5O6/c1-22-11-16-31(23(2)20-22)45-19-7-17-36-33(42)27-13-15-30-26(32(27)41)10-6-18-39(30)35(44)40-37-28-14-12-24(21-29(28)38-40)34(43)46-25-8-4-3-5-9-25/h3-5,8-9,11-16,20-21,41H,6-7,10,17-19H2,1-2H3,(H,36,42). The molecule has 0 saturated heterocycles. The molecule has 0 spiro atoms. The number of para-hydroxylation sites is 1. The van der Waals surface area contributed by atoms with Gasteiger partial charge >= 0.3 is 12.0 Å². The molecule has 0 bridgehead atoms. The van der Waals surface area contributed by atoms with Gasteiger partial charge in [-0.05, 0) is 87.2 Å². The zero-order valence-corrected chi connectivity index (χ0v) is 25.5. The highest BCUT2D eigenvalue weighted by Crippen LogP contribution is 2.36. The number of phenols is 1. The molecule has 2 N–H and O–H groups in total. The summed E-state index contributed by atoms with van der Waals surface area (Å²) in [4.78, 5) is 41.6. The normalized spacial score (nSPS) is 12.4. The van der Waals surface area contributed by atoms with Crippen LogP contribution in [0.3, 0.4) is 0 Å². The predicted molar refractivity (Wildman–Crippen MR) is 172 cm³/mol. The number of nitrogens with zero attached hydrogens (tertiary/aromatic N) is 4. The molecule has 0 saturated carbocycles. The molecule has 6 rings (SSSR count). The molecule has 0 fully saturated rings. The lowest BCUT2D eigenvalue weighted by molar-refractivity contribution is 0.0734. The van der Waals surface area contributed by atoms with Gasteiger partial charge in [-0.3, -0.25) is 9.69 Å². The first-order chi connectivity index (χ1) is 22.3. The topological polar surface area (TPSA) is 136 Å². The maximum Gasteiger partial charge on any atom is 0.366 e. The van der Waals surface area contributed by atoms with Crippen LogP contribution in [-0.4, -0.2) is 57.7 Å². The number of hydrogen-bond donors (Lipinski definition) is 2. The Morgan fingerprint density at radius 3 is 2.54 bits per heavy atom. The van der Waals surface area contributed by atoms with E-state index in [1.54, 1.807) is 42.5 Å². The summed E-state index contributed by atoms with van der Waals surface area (Å²) in [6.07, 6.45) is 1.66. The van der Waals surface area contributed by atoms with Gasteiger partial charge in [-0.2, -0.15) is 0 Å². The van der Waals surface area contributed by atoms with Crippen LogP contribution >= 0.6 is 0 Å². The molecular weight excluding hydrogens is 586 g/mol. The van der Waals surface area contributed by atoms with Crippen molar-refractivity contribution in [1.29, 1.82) is 0 Å². The number of carbonyl (C=O) groups is 3. The van der Waals surface area contributed by atoms with Crippen molar-refractivity contribution in [1.82, 2.24) is 20.3 Å². The van der Waals surface area contributed by atoms with E-state index in [9.17, 15) is 19.5 Å². The fraction of sp³-hybridized carbons (Fsp3) is 0.229. The van der Waals surface area contributed by atoms with Crippen molar-refractivity contribution in [2.75, 3.05) is 24.6 Å². The number of carbonyl (C=O) groups excluding carboxylic acids is 3. The van der Waals surface area contributed by atoms with E-state index in [-0.39, 0.29) is 16.9 Å². The van der Waals surface area contributed by atoms with Gasteiger partial charge in [0.2, 0.25) is 0 Å². The first kappa shape index (κ1) is 30.3. The van der Waals surface area contributed by atoms with E-state index < -0.39 is 17.9 Å². The number of phenolic OH excluding ortho intramolecular Hbond substituents is 1. The summed E-state index contributed by atoms with van der Waals surface area (Å²) in [6, 6.07) is 22.0. The molecule has 11 nitrogen and oxygen atoms in total. The number of ether oxygens (including phenoxy) is 2. The van der Waals surface area contributed by atoms with Gasteiger partial charge in [-0.15, -0.1) is 10.2 Å². The number of aryl methyl sites for hydroxylation is 2. The minimum atomic E-state index is -0.556. The van der Waals surface area contributed by atoms with Gasteiger partial charge < -0.3 is 19.9 Å². The average Bonchev–Trinajstić information content (AvgIpc) is 3.49. The van der Waals surface area contributed by atoms with Crippen molar-refractivity contribution < 1.29 is 29.0 Å². The maximum atomic E-state index is 13.6. The zero-order chi connectivity index (χ0) is 32.2. The van der Waals surface area contributed by atoms with Crippen LogP contribution < -0.4 is 19.7 Å². The van der Waals surface area contributed by atoms with Crippen LogP contribution in [0.25, 0.3) is 11.0 Å². The van der Waals surface area contributed by atoms with Gasteiger partial charge in [0, 0.05) is 18.7 Å². The van der Waals surface area contributed by atoms with Crippen LogP contribution in [0, 0.1) is 13.8 Å². The Bertz CT molecular complexity index is 1940. The van der Waals surface area contributed by atoms with E-state index in [0.717, 1.165) is 16.1 Å². The third-order valence-corrected chi connectivity index (χ3v) is 7.77. The summed E-state index contributed by atoms with van der Waals surface area (Å²) in [5, 5.41) is 22.6. The Morgan fingerprint density at radius 1 is 0.935 bits per heavy atom. The largest absolute Gasteiger partial charge is 0.507 e. The second-order valence-electron chi connectivity index (χ2n) is 11.1. The highest BCUT2D eigenvalue weighted by Gasteiger charge is 2.29. The van der Waals surface area contributed by atoms with Gasteiger partial charge in [-0.1, -0.05) is 40.7 Å². The lowest BCUT2D eigenvalue weighted by Gasteiger charge is -2.29. The average molecular weight is 620 g/mol. The van der Waals surface area contributed by atoms with Crippen molar-refractivity contribution in [3.63, 3.8) is 0 Å². The van der Waals surface area contributed by atoms with Gasteiger partial charge in [0.15, 0.2) is 0 Å². The smallest absolute Gasteiger partial charge is 0.366 e. The van der Waals surface area contributed by atoms with Crippen molar-refractivity contribution in [2.45, 2.75) is 33.1 Å². The third kappa shape index (κ3) is 6.39. The molecule has 4 aromatic carbocycles. The van der Waals surface area contributed by atoms with Gasteiger partial charge in [0.25, 0.3) is 5.91 Å². The second-order valence-corrected chi connectivity index (χ2v) is 11.1. The molecule has 1 aromatic heterocycles. The van der Waals surface area contributed by atoms with E-state index >= 15 is 0 Å². The second kappa shape index (κ2) is 13.1. The van der Waals surface area contributed by atoms with Crippen molar-refractivity contribution in [3.8, 4) is 17.2 Å². The number of aromatic hydroxyl groups is 1. The Balaban J connectivity index is 1.11. The molecule has 1 aliphatic heterocycles. The summed E-state index contributed by atoms with van der Waals surface area (Å²) in [5.41, 5.74) is 4.40. The minimum Gasteiger partial charge on any atom is -0.507 e. The molecule has 0 radical (unpaired) electrons. The fourth-order valence-electron chi connectivity index (χ4n) is 5.44. The highest BCUT2D eigenvalue weighted by atomic mass is 16.5. The zero-order valence-electron chi connectivity index (χ0n) is 25.5. The molecule has 0 unspecified atom stereocenters. The summed E-state index contributed by atoms with van der Waals surface area (Å²) < 4.78 is 11.2. The lowest BCUT2D eigenvalue weighted by atomic mass is 9.97. The number of nitrogens with one attached hydrogen (secondary N) is 1.